The van der Waals surface area contributed by atoms with E-state index in [0.717, 1.165) is 23.7 Å². The molecule has 4 nitrogen and oxygen atoms in total. The number of nitrogen functional groups attached to an aromatic ring is 1. The van der Waals surface area contributed by atoms with Gasteiger partial charge in [0, 0.05) is 18.6 Å². The summed E-state index contributed by atoms with van der Waals surface area (Å²) in [6.45, 7) is 9.67. The van der Waals surface area contributed by atoms with Crippen molar-refractivity contribution in [2.75, 3.05) is 17.2 Å². The second-order valence-corrected chi connectivity index (χ2v) is 5.64. The molecule has 1 aromatic rings. The highest BCUT2D eigenvalue weighted by Crippen LogP contribution is 2.37. The van der Waals surface area contributed by atoms with Gasteiger partial charge in [0.15, 0.2) is 5.82 Å². The Hall–Kier alpha value is -1.19. The molecule has 0 spiro atoms. The minimum absolute atomic E-state index is 0.360. The van der Waals surface area contributed by atoms with E-state index in [9.17, 15) is 0 Å². The number of rotatable bonds is 6. The Balaban J connectivity index is 2.33. The van der Waals surface area contributed by atoms with Crippen LogP contribution in [0.2, 0.25) is 0 Å². The molecule has 0 bridgehead atoms. The topological polar surface area (TPSA) is 47.1 Å². The number of anilines is 2. The summed E-state index contributed by atoms with van der Waals surface area (Å²) in [6, 6.07) is 1.05. The van der Waals surface area contributed by atoms with Crippen LogP contribution >= 0.6 is 0 Å². The summed E-state index contributed by atoms with van der Waals surface area (Å²) in [4.78, 5) is 2.48. The van der Waals surface area contributed by atoms with Gasteiger partial charge < -0.3 is 10.6 Å². The van der Waals surface area contributed by atoms with Crippen molar-refractivity contribution in [2.24, 2.45) is 0 Å². The molecule has 0 unspecified atom stereocenters. The van der Waals surface area contributed by atoms with Crippen LogP contribution in [0.5, 0.6) is 0 Å². The maximum Gasteiger partial charge on any atom is 0.151 e. The average Bonchev–Trinajstić information content (AvgIpc) is 3.10. The summed E-state index contributed by atoms with van der Waals surface area (Å²) in [5.74, 6) is 1.15. The number of nitrogens with zero attached hydrogens (tertiary/aromatic N) is 3. The zero-order valence-electron chi connectivity index (χ0n) is 12.1. The summed E-state index contributed by atoms with van der Waals surface area (Å²) in [6.07, 6.45) is 5.03. The first kappa shape index (κ1) is 13.2. The van der Waals surface area contributed by atoms with Crippen LogP contribution in [0, 0.1) is 6.92 Å². The van der Waals surface area contributed by atoms with Gasteiger partial charge in [0.2, 0.25) is 0 Å². The number of aromatic nitrogens is 2. The minimum atomic E-state index is 0.360. The maximum absolute atomic E-state index is 6.25. The van der Waals surface area contributed by atoms with Gasteiger partial charge >= 0.3 is 0 Å². The molecule has 1 fully saturated rings. The van der Waals surface area contributed by atoms with Crippen LogP contribution in [0.15, 0.2) is 0 Å². The van der Waals surface area contributed by atoms with Crippen molar-refractivity contribution in [3.05, 3.63) is 5.69 Å². The van der Waals surface area contributed by atoms with Gasteiger partial charge in [0.25, 0.3) is 0 Å². The second kappa shape index (κ2) is 5.21. The molecule has 0 saturated heterocycles. The molecule has 1 aromatic heterocycles. The van der Waals surface area contributed by atoms with E-state index < -0.39 is 0 Å². The smallest absolute Gasteiger partial charge is 0.151 e. The fourth-order valence-electron chi connectivity index (χ4n) is 2.37. The molecule has 102 valence electrons. The van der Waals surface area contributed by atoms with E-state index in [4.69, 9.17) is 5.73 Å². The normalized spacial score (nSPS) is 15.4. The Kier molecular flexibility index (Phi) is 3.83. The quantitative estimate of drug-likeness (QED) is 0.843. The molecule has 0 aliphatic heterocycles. The minimum Gasteiger partial charge on any atom is -0.394 e. The lowest BCUT2D eigenvalue weighted by atomic mass is 10.2. The van der Waals surface area contributed by atoms with E-state index in [0.29, 0.717) is 12.1 Å². The Bertz CT molecular complexity index is 404. The predicted octanol–water partition coefficient (Wildman–Crippen LogP) is 3.12. The molecule has 2 N–H and O–H groups in total. The largest absolute Gasteiger partial charge is 0.394 e. The highest BCUT2D eigenvalue weighted by molar-refractivity contribution is 5.67. The molecule has 1 saturated carbocycles. The zero-order valence-corrected chi connectivity index (χ0v) is 12.1. The Labute approximate surface area is 110 Å². The summed E-state index contributed by atoms with van der Waals surface area (Å²) in [7, 11) is 0. The van der Waals surface area contributed by atoms with E-state index in [1.165, 1.54) is 25.7 Å². The van der Waals surface area contributed by atoms with Crippen molar-refractivity contribution in [3.8, 4) is 0 Å². The van der Waals surface area contributed by atoms with Gasteiger partial charge in [-0.1, -0.05) is 13.3 Å². The summed E-state index contributed by atoms with van der Waals surface area (Å²) < 4.78 is 2.10. The van der Waals surface area contributed by atoms with Gasteiger partial charge in [-0.2, -0.15) is 5.10 Å². The van der Waals surface area contributed by atoms with Crippen LogP contribution in [-0.2, 0) is 0 Å². The molecular formula is C14H26N4. The van der Waals surface area contributed by atoms with Gasteiger partial charge in [-0.05, 0) is 40.0 Å². The highest BCUT2D eigenvalue weighted by Gasteiger charge is 2.33. The number of aryl methyl sites for hydroxylation is 1. The predicted molar refractivity (Wildman–Crippen MR) is 77.0 cm³/mol. The van der Waals surface area contributed by atoms with Crippen molar-refractivity contribution in [1.82, 2.24) is 9.78 Å². The molecule has 0 aromatic carbocycles. The fraction of sp³-hybridized carbons (Fsp3) is 0.786. The van der Waals surface area contributed by atoms with Crippen LogP contribution in [0.3, 0.4) is 0 Å². The summed E-state index contributed by atoms with van der Waals surface area (Å²) in [5, 5.41) is 4.60. The molecular weight excluding hydrogens is 224 g/mol. The average molecular weight is 250 g/mol. The first-order valence-corrected chi connectivity index (χ1v) is 7.17. The lowest BCUT2D eigenvalue weighted by Crippen LogP contribution is -2.30. The van der Waals surface area contributed by atoms with Crippen molar-refractivity contribution in [2.45, 2.75) is 65.5 Å². The van der Waals surface area contributed by atoms with Gasteiger partial charge in [-0.25, -0.2) is 4.68 Å². The second-order valence-electron chi connectivity index (χ2n) is 5.64. The fourth-order valence-corrected chi connectivity index (χ4v) is 2.37. The third-order valence-corrected chi connectivity index (χ3v) is 3.61. The maximum atomic E-state index is 6.25. The molecule has 1 aliphatic carbocycles. The Morgan fingerprint density at radius 3 is 2.61 bits per heavy atom. The van der Waals surface area contributed by atoms with Crippen LogP contribution in [0.4, 0.5) is 11.5 Å². The Morgan fingerprint density at radius 2 is 2.11 bits per heavy atom. The number of hydrogen-bond acceptors (Lipinski definition) is 3. The van der Waals surface area contributed by atoms with Crippen molar-refractivity contribution in [3.63, 3.8) is 0 Å². The first-order valence-electron chi connectivity index (χ1n) is 7.17. The first-order chi connectivity index (χ1) is 8.56. The molecule has 1 aliphatic rings. The molecule has 0 atom stereocenters. The van der Waals surface area contributed by atoms with Crippen molar-refractivity contribution >= 4 is 11.5 Å². The van der Waals surface area contributed by atoms with E-state index in [-0.39, 0.29) is 0 Å². The monoisotopic (exact) mass is 250 g/mol. The molecule has 4 heteroatoms. The SMILES string of the molecule is CCCCN(c1c(N)c(C)nn1C(C)C)C1CC1. The zero-order chi connectivity index (χ0) is 13.3. The van der Waals surface area contributed by atoms with Gasteiger partial charge in [-0.15, -0.1) is 0 Å². The van der Waals surface area contributed by atoms with Crippen LogP contribution < -0.4 is 10.6 Å². The highest BCUT2D eigenvalue weighted by atomic mass is 15.4. The molecule has 0 amide bonds. The van der Waals surface area contributed by atoms with E-state index in [2.05, 4.69) is 35.5 Å². The lowest BCUT2D eigenvalue weighted by molar-refractivity contribution is 0.518. The van der Waals surface area contributed by atoms with Gasteiger partial charge in [-0.3, -0.25) is 0 Å². The van der Waals surface area contributed by atoms with Crippen LogP contribution in [0.1, 0.15) is 58.2 Å². The van der Waals surface area contributed by atoms with Crippen molar-refractivity contribution < 1.29 is 0 Å². The third kappa shape index (κ3) is 2.47. The van der Waals surface area contributed by atoms with Gasteiger partial charge in [0.1, 0.15) is 0 Å². The van der Waals surface area contributed by atoms with E-state index >= 15 is 0 Å². The molecule has 1 heterocycles. The number of hydrogen-bond donors (Lipinski definition) is 1. The molecule has 0 radical (unpaired) electrons. The van der Waals surface area contributed by atoms with Crippen LogP contribution in [-0.4, -0.2) is 22.4 Å². The molecule has 2 rings (SSSR count). The van der Waals surface area contributed by atoms with Gasteiger partial charge in [0.05, 0.1) is 11.4 Å². The van der Waals surface area contributed by atoms with Crippen LogP contribution in [0.25, 0.3) is 0 Å². The van der Waals surface area contributed by atoms with Crippen molar-refractivity contribution in [1.29, 1.82) is 0 Å². The number of nitrogens with two attached hydrogens (primary N) is 1. The van der Waals surface area contributed by atoms with E-state index in [1.54, 1.807) is 0 Å². The Morgan fingerprint density at radius 1 is 1.44 bits per heavy atom. The lowest BCUT2D eigenvalue weighted by Gasteiger charge is -2.27. The standard InChI is InChI=1S/C14H26N4/c1-5-6-9-17(12-7-8-12)14-13(15)11(4)16-18(14)10(2)3/h10,12H,5-9,15H2,1-4H3. The third-order valence-electron chi connectivity index (χ3n) is 3.61. The summed E-state index contributed by atoms with van der Waals surface area (Å²) >= 11 is 0. The molecule has 18 heavy (non-hydrogen) atoms. The summed E-state index contributed by atoms with van der Waals surface area (Å²) in [5.41, 5.74) is 8.08. The number of unbranched alkanes of at least 4 members (excludes halogenated alkanes) is 1. The van der Waals surface area contributed by atoms with E-state index in [1.807, 2.05) is 6.92 Å².